The summed E-state index contributed by atoms with van der Waals surface area (Å²) >= 11 is 1.55. The number of carbonyl (C=O) groups excluding carboxylic acids is 1. The molecule has 4 heteroatoms. The molecule has 0 aliphatic rings. The molecule has 0 fully saturated rings. The quantitative estimate of drug-likeness (QED) is 0.461. The second-order valence-electron chi connectivity index (χ2n) is 5.94. The third-order valence-electron chi connectivity index (χ3n) is 4.18. The van der Waals surface area contributed by atoms with Crippen LogP contribution < -0.4 is 0 Å². The second-order valence-corrected chi connectivity index (χ2v) is 7.05. The van der Waals surface area contributed by atoms with Crippen LogP contribution in [0.15, 0.2) is 84.9 Å². The van der Waals surface area contributed by atoms with Crippen LogP contribution in [0.5, 0.6) is 0 Å². The van der Waals surface area contributed by atoms with Crippen molar-refractivity contribution in [2.24, 2.45) is 0 Å². The summed E-state index contributed by atoms with van der Waals surface area (Å²) < 4.78 is 6.74. The van der Waals surface area contributed by atoms with E-state index in [1.54, 1.807) is 11.3 Å². The number of carbonyl (C=O) groups is 1. The summed E-state index contributed by atoms with van der Waals surface area (Å²) in [7, 11) is 0. The molecule has 0 N–H and O–H groups in total. The van der Waals surface area contributed by atoms with Gasteiger partial charge in [0.25, 0.3) is 0 Å². The van der Waals surface area contributed by atoms with E-state index >= 15 is 0 Å². The van der Waals surface area contributed by atoms with Crippen LogP contribution in [0.4, 0.5) is 0 Å². The Labute approximate surface area is 155 Å². The number of para-hydroxylation sites is 1. The van der Waals surface area contributed by atoms with Gasteiger partial charge >= 0.3 is 5.97 Å². The molecule has 0 saturated carbocycles. The molecule has 3 aromatic carbocycles. The molecule has 26 heavy (non-hydrogen) atoms. The minimum absolute atomic E-state index is 0.189. The van der Waals surface area contributed by atoms with Crippen LogP contribution in [-0.2, 0) is 16.1 Å². The molecular formula is C22H17NO2S. The van der Waals surface area contributed by atoms with Crippen molar-refractivity contribution in [3.05, 3.63) is 101 Å². The van der Waals surface area contributed by atoms with Gasteiger partial charge in [0.1, 0.15) is 17.5 Å². The molecule has 4 aromatic rings. The third kappa shape index (κ3) is 3.51. The molecular weight excluding hydrogens is 342 g/mol. The maximum Gasteiger partial charge on any atom is 0.318 e. The number of thiazole rings is 1. The highest BCUT2D eigenvalue weighted by Crippen LogP contribution is 2.27. The molecule has 0 unspecified atom stereocenters. The van der Waals surface area contributed by atoms with E-state index in [0.717, 1.165) is 26.4 Å². The van der Waals surface area contributed by atoms with Crippen LogP contribution in [0.25, 0.3) is 10.2 Å². The molecule has 0 amide bonds. The fraction of sp³-hybridized carbons (Fsp3) is 0.0909. The Morgan fingerprint density at radius 3 is 2.04 bits per heavy atom. The van der Waals surface area contributed by atoms with Gasteiger partial charge in [-0.05, 0) is 23.3 Å². The number of hydrogen-bond donors (Lipinski definition) is 0. The van der Waals surface area contributed by atoms with Crippen molar-refractivity contribution >= 4 is 27.5 Å². The van der Waals surface area contributed by atoms with Gasteiger partial charge in [-0.25, -0.2) is 4.98 Å². The van der Waals surface area contributed by atoms with Gasteiger partial charge in [0.05, 0.1) is 10.2 Å². The summed E-state index contributed by atoms with van der Waals surface area (Å²) in [6, 6.07) is 27.4. The van der Waals surface area contributed by atoms with Crippen LogP contribution in [0, 0.1) is 0 Å². The van der Waals surface area contributed by atoms with E-state index in [1.165, 1.54) is 0 Å². The lowest BCUT2D eigenvalue weighted by Crippen LogP contribution is -2.17. The van der Waals surface area contributed by atoms with Crippen molar-refractivity contribution in [3.63, 3.8) is 0 Å². The lowest BCUT2D eigenvalue weighted by atomic mass is 9.91. The van der Waals surface area contributed by atoms with Gasteiger partial charge in [0, 0.05) is 0 Å². The van der Waals surface area contributed by atoms with Crippen molar-refractivity contribution in [3.8, 4) is 0 Å². The Hall–Kier alpha value is -2.98. The summed E-state index contributed by atoms with van der Waals surface area (Å²) in [5.74, 6) is -0.701. The summed E-state index contributed by atoms with van der Waals surface area (Å²) in [5.41, 5.74) is 2.78. The molecule has 0 aliphatic carbocycles. The Morgan fingerprint density at radius 1 is 0.846 bits per heavy atom. The highest BCUT2D eigenvalue weighted by Gasteiger charge is 2.24. The van der Waals surface area contributed by atoms with Crippen LogP contribution in [0.3, 0.4) is 0 Å². The van der Waals surface area contributed by atoms with Gasteiger partial charge in [-0.15, -0.1) is 11.3 Å². The van der Waals surface area contributed by atoms with Crippen LogP contribution in [-0.4, -0.2) is 11.0 Å². The molecule has 4 rings (SSSR count). The highest BCUT2D eigenvalue weighted by atomic mass is 32.1. The minimum Gasteiger partial charge on any atom is -0.458 e. The Kier molecular flexibility index (Phi) is 4.75. The van der Waals surface area contributed by atoms with Crippen molar-refractivity contribution in [2.75, 3.05) is 0 Å². The van der Waals surface area contributed by atoms with Gasteiger partial charge < -0.3 is 4.74 Å². The third-order valence-corrected chi connectivity index (χ3v) is 5.19. The number of ether oxygens (including phenoxy) is 1. The number of esters is 1. The summed E-state index contributed by atoms with van der Waals surface area (Å²) in [6.45, 7) is 0.189. The minimum atomic E-state index is -0.438. The smallest absolute Gasteiger partial charge is 0.318 e. The normalized spacial score (nSPS) is 11.0. The van der Waals surface area contributed by atoms with Gasteiger partial charge in [-0.3, -0.25) is 4.79 Å². The molecule has 3 nitrogen and oxygen atoms in total. The van der Waals surface area contributed by atoms with Crippen molar-refractivity contribution in [1.29, 1.82) is 0 Å². The van der Waals surface area contributed by atoms with Crippen LogP contribution >= 0.6 is 11.3 Å². The molecule has 128 valence electrons. The Balaban J connectivity index is 1.56. The van der Waals surface area contributed by atoms with E-state index in [2.05, 4.69) is 4.98 Å². The van der Waals surface area contributed by atoms with Gasteiger partial charge in [0.2, 0.25) is 0 Å². The average Bonchev–Trinajstić information content (AvgIpc) is 3.11. The van der Waals surface area contributed by atoms with E-state index in [-0.39, 0.29) is 12.6 Å². The summed E-state index contributed by atoms with van der Waals surface area (Å²) in [4.78, 5) is 17.4. The fourth-order valence-electron chi connectivity index (χ4n) is 2.95. The van der Waals surface area contributed by atoms with Gasteiger partial charge in [-0.2, -0.15) is 0 Å². The first-order valence-corrected chi connectivity index (χ1v) is 9.24. The molecule has 1 heterocycles. The van der Waals surface area contributed by atoms with Crippen molar-refractivity contribution in [1.82, 2.24) is 4.98 Å². The number of benzene rings is 3. The molecule has 0 spiro atoms. The van der Waals surface area contributed by atoms with E-state index in [9.17, 15) is 4.79 Å². The summed E-state index contributed by atoms with van der Waals surface area (Å²) in [5, 5.41) is 0.805. The Morgan fingerprint density at radius 2 is 1.42 bits per heavy atom. The zero-order chi connectivity index (χ0) is 17.8. The molecule has 0 bridgehead atoms. The van der Waals surface area contributed by atoms with E-state index in [0.29, 0.717) is 0 Å². The first-order valence-electron chi connectivity index (χ1n) is 8.42. The van der Waals surface area contributed by atoms with E-state index < -0.39 is 5.92 Å². The molecule has 0 aliphatic heterocycles. The molecule has 0 radical (unpaired) electrons. The van der Waals surface area contributed by atoms with Crippen molar-refractivity contribution < 1.29 is 9.53 Å². The fourth-order valence-corrected chi connectivity index (χ4v) is 3.83. The molecule has 0 saturated heterocycles. The van der Waals surface area contributed by atoms with Gasteiger partial charge in [-0.1, -0.05) is 72.8 Å². The van der Waals surface area contributed by atoms with E-state index in [4.69, 9.17) is 4.74 Å². The maximum absolute atomic E-state index is 12.9. The zero-order valence-electron chi connectivity index (χ0n) is 14.0. The SMILES string of the molecule is O=C(OCc1nc2ccccc2s1)C(c1ccccc1)c1ccccc1. The van der Waals surface area contributed by atoms with Crippen LogP contribution in [0.2, 0.25) is 0 Å². The Bertz CT molecular complexity index is 939. The predicted molar refractivity (Wildman–Crippen MR) is 104 cm³/mol. The van der Waals surface area contributed by atoms with Gasteiger partial charge in [0.15, 0.2) is 0 Å². The maximum atomic E-state index is 12.9. The largest absolute Gasteiger partial charge is 0.458 e. The number of fused-ring (bicyclic) bond motifs is 1. The van der Waals surface area contributed by atoms with Crippen molar-refractivity contribution in [2.45, 2.75) is 12.5 Å². The predicted octanol–water partition coefficient (Wildman–Crippen LogP) is 5.17. The van der Waals surface area contributed by atoms with Crippen LogP contribution in [0.1, 0.15) is 22.1 Å². The topological polar surface area (TPSA) is 39.2 Å². The average molecular weight is 359 g/mol. The molecule has 0 atom stereocenters. The standard InChI is InChI=1S/C22H17NO2S/c24-22(25-15-20-23-18-13-7-8-14-19(18)26-20)21(16-9-3-1-4-10-16)17-11-5-2-6-12-17/h1-14,21H,15H2. The summed E-state index contributed by atoms with van der Waals surface area (Å²) in [6.07, 6.45) is 0. The van der Waals surface area contributed by atoms with E-state index in [1.807, 2.05) is 84.9 Å². The second kappa shape index (κ2) is 7.50. The highest BCUT2D eigenvalue weighted by molar-refractivity contribution is 7.18. The number of hydrogen-bond acceptors (Lipinski definition) is 4. The number of nitrogens with zero attached hydrogens (tertiary/aromatic N) is 1. The lowest BCUT2D eigenvalue weighted by Gasteiger charge is -2.16. The monoisotopic (exact) mass is 359 g/mol. The first kappa shape index (κ1) is 16.5. The molecule has 1 aromatic heterocycles. The number of aromatic nitrogens is 1. The number of rotatable bonds is 5. The first-order chi connectivity index (χ1) is 12.8. The lowest BCUT2D eigenvalue weighted by molar-refractivity contribution is -0.145. The zero-order valence-corrected chi connectivity index (χ0v) is 14.9.